The zero-order valence-electron chi connectivity index (χ0n) is 16.6. The first kappa shape index (κ1) is 20.8. The topological polar surface area (TPSA) is 57.7 Å². The van der Waals surface area contributed by atoms with Crippen LogP contribution in [0.25, 0.3) is 11.2 Å². The SMILES string of the molecule is CC(C)(C)c1nc(Cc2cccc(Cl)c2)c2[nH]c(N3CC(F)(F)C(F)(F)C3)nc2n1. The average Bonchev–Trinajstić information content (AvgIpc) is 3.13. The van der Waals surface area contributed by atoms with Crippen LogP contribution in [0.4, 0.5) is 23.5 Å². The first-order valence-corrected chi connectivity index (χ1v) is 9.76. The number of aromatic amines is 1. The van der Waals surface area contributed by atoms with Gasteiger partial charge in [-0.05, 0) is 17.7 Å². The Morgan fingerprint density at radius 3 is 2.33 bits per heavy atom. The molecule has 0 spiro atoms. The highest BCUT2D eigenvalue weighted by molar-refractivity contribution is 6.30. The zero-order valence-corrected chi connectivity index (χ0v) is 17.4. The van der Waals surface area contributed by atoms with Crippen LogP contribution in [0.5, 0.6) is 0 Å². The summed E-state index contributed by atoms with van der Waals surface area (Å²) in [6, 6.07) is 7.25. The Labute approximate surface area is 175 Å². The third-order valence-electron chi connectivity index (χ3n) is 4.96. The summed E-state index contributed by atoms with van der Waals surface area (Å²) in [4.78, 5) is 17.1. The van der Waals surface area contributed by atoms with E-state index in [1.807, 2.05) is 32.9 Å². The molecule has 0 aliphatic carbocycles. The third kappa shape index (κ3) is 3.71. The van der Waals surface area contributed by atoms with Gasteiger partial charge in [0.05, 0.1) is 18.8 Å². The van der Waals surface area contributed by atoms with E-state index in [0.29, 0.717) is 28.5 Å². The van der Waals surface area contributed by atoms with Crippen molar-refractivity contribution < 1.29 is 17.6 Å². The molecule has 30 heavy (non-hydrogen) atoms. The number of aromatic nitrogens is 4. The van der Waals surface area contributed by atoms with Crippen molar-refractivity contribution in [3.8, 4) is 0 Å². The third-order valence-corrected chi connectivity index (χ3v) is 5.19. The molecule has 1 saturated heterocycles. The predicted octanol–water partition coefficient (Wildman–Crippen LogP) is 4.99. The molecule has 2 aromatic heterocycles. The van der Waals surface area contributed by atoms with Gasteiger partial charge in [-0.3, -0.25) is 0 Å². The largest absolute Gasteiger partial charge is 0.330 e. The molecule has 1 aliphatic rings. The van der Waals surface area contributed by atoms with Gasteiger partial charge >= 0.3 is 11.8 Å². The van der Waals surface area contributed by atoms with Gasteiger partial charge in [0, 0.05) is 16.9 Å². The Morgan fingerprint density at radius 2 is 1.73 bits per heavy atom. The summed E-state index contributed by atoms with van der Waals surface area (Å²) in [5, 5.41) is 0.570. The van der Waals surface area contributed by atoms with Crippen LogP contribution in [0.1, 0.15) is 37.9 Å². The van der Waals surface area contributed by atoms with Gasteiger partial charge in [0.15, 0.2) is 5.65 Å². The van der Waals surface area contributed by atoms with E-state index in [4.69, 9.17) is 11.6 Å². The molecule has 160 valence electrons. The summed E-state index contributed by atoms with van der Waals surface area (Å²) >= 11 is 6.08. The maximum atomic E-state index is 13.7. The molecule has 0 atom stereocenters. The van der Waals surface area contributed by atoms with Crippen LogP contribution in [0.2, 0.25) is 5.02 Å². The van der Waals surface area contributed by atoms with Crippen molar-refractivity contribution in [3.63, 3.8) is 0 Å². The van der Waals surface area contributed by atoms with Gasteiger partial charge in [0.25, 0.3) is 0 Å². The van der Waals surface area contributed by atoms with Crippen LogP contribution in [0.15, 0.2) is 24.3 Å². The van der Waals surface area contributed by atoms with E-state index in [1.54, 1.807) is 12.1 Å². The van der Waals surface area contributed by atoms with Gasteiger partial charge in [-0.15, -0.1) is 0 Å². The van der Waals surface area contributed by atoms with Crippen molar-refractivity contribution in [1.82, 2.24) is 19.9 Å². The Bertz CT molecular complexity index is 1090. The zero-order chi connectivity index (χ0) is 21.9. The highest BCUT2D eigenvalue weighted by Crippen LogP contribution is 2.42. The second kappa shape index (κ2) is 6.80. The second-order valence-corrected chi connectivity index (χ2v) is 9.01. The lowest BCUT2D eigenvalue weighted by Gasteiger charge is -2.17. The maximum absolute atomic E-state index is 13.7. The molecule has 5 nitrogen and oxygen atoms in total. The Balaban J connectivity index is 1.80. The van der Waals surface area contributed by atoms with Gasteiger partial charge in [0.2, 0.25) is 5.95 Å². The fraction of sp³-hybridized carbons (Fsp3) is 0.450. The molecule has 1 N–H and O–H groups in total. The Morgan fingerprint density at radius 1 is 1.07 bits per heavy atom. The predicted molar refractivity (Wildman–Crippen MR) is 107 cm³/mol. The molecule has 0 saturated carbocycles. The molecular weight excluding hydrogens is 422 g/mol. The number of halogens is 5. The van der Waals surface area contributed by atoms with E-state index in [-0.39, 0.29) is 11.6 Å². The Kier molecular flexibility index (Phi) is 4.72. The van der Waals surface area contributed by atoms with Crippen LogP contribution < -0.4 is 4.90 Å². The summed E-state index contributed by atoms with van der Waals surface area (Å²) in [5.41, 5.74) is 1.75. The number of fused-ring (bicyclic) bond motifs is 1. The van der Waals surface area contributed by atoms with Gasteiger partial charge in [-0.2, -0.15) is 22.5 Å². The standard InChI is InChI=1S/C20H20ClF4N5/c1-18(2,3)16-26-13(8-11-5-4-6-12(21)7-11)14-15(28-16)29-17(27-14)30-9-19(22,23)20(24,25)10-30/h4-7H,8-10H2,1-3H3,(H,26,27,28,29). The number of benzene rings is 1. The van der Waals surface area contributed by atoms with E-state index in [1.165, 1.54) is 0 Å². The molecule has 4 rings (SSSR count). The first-order chi connectivity index (χ1) is 13.9. The van der Waals surface area contributed by atoms with Crippen molar-refractivity contribution >= 4 is 28.7 Å². The molecule has 0 radical (unpaired) electrons. The smallest absolute Gasteiger partial charge is 0.329 e. The summed E-state index contributed by atoms with van der Waals surface area (Å²) in [5.74, 6) is -7.81. The highest BCUT2D eigenvalue weighted by Gasteiger charge is 2.63. The monoisotopic (exact) mass is 441 g/mol. The lowest BCUT2D eigenvalue weighted by molar-refractivity contribution is -0.172. The number of rotatable bonds is 3. The van der Waals surface area contributed by atoms with Crippen molar-refractivity contribution in [1.29, 1.82) is 0 Å². The molecule has 0 unspecified atom stereocenters. The summed E-state index contributed by atoms with van der Waals surface area (Å²) < 4.78 is 54.7. The molecule has 3 heterocycles. The number of H-pyrrole nitrogens is 1. The Hall–Kier alpha value is -2.42. The van der Waals surface area contributed by atoms with E-state index in [2.05, 4.69) is 19.9 Å². The number of nitrogens with zero attached hydrogens (tertiary/aromatic N) is 4. The molecule has 0 bridgehead atoms. The molecule has 1 fully saturated rings. The average molecular weight is 442 g/mol. The minimum Gasteiger partial charge on any atom is -0.330 e. The number of imidazole rings is 1. The van der Waals surface area contributed by atoms with Crippen LogP contribution >= 0.6 is 11.6 Å². The van der Waals surface area contributed by atoms with E-state index in [9.17, 15) is 17.6 Å². The molecular formula is C20H20ClF4N5. The second-order valence-electron chi connectivity index (χ2n) is 8.57. The van der Waals surface area contributed by atoms with Crippen LogP contribution in [0, 0.1) is 0 Å². The van der Waals surface area contributed by atoms with Crippen LogP contribution in [-0.2, 0) is 11.8 Å². The van der Waals surface area contributed by atoms with Gasteiger partial charge in [-0.1, -0.05) is 44.5 Å². The first-order valence-electron chi connectivity index (χ1n) is 9.38. The quantitative estimate of drug-likeness (QED) is 0.582. The lowest BCUT2D eigenvalue weighted by atomic mass is 9.95. The van der Waals surface area contributed by atoms with Crippen LogP contribution in [0.3, 0.4) is 0 Å². The van der Waals surface area contributed by atoms with Crippen LogP contribution in [-0.4, -0.2) is 44.9 Å². The lowest BCUT2D eigenvalue weighted by Crippen LogP contribution is -2.38. The number of alkyl halides is 4. The van der Waals surface area contributed by atoms with E-state index < -0.39 is 30.3 Å². The number of nitrogens with one attached hydrogen (secondary N) is 1. The maximum Gasteiger partial charge on any atom is 0.329 e. The van der Waals surface area contributed by atoms with E-state index >= 15 is 0 Å². The fourth-order valence-corrected chi connectivity index (χ4v) is 3.53. The summed E-state index contributed by atoms with van der Waals surface area (Å²) in [6.07, 6.45) is 0.386. The van der Waals surface area contributed by atoms with E-state index in [0.717, 1.165) is 10.5 Å². The molecule has 1 aliphatic heterocycles. The van der Waals surface area contributed by atoms with Crippen molar-refractivity contribution in [2.24, 2.45) is 0 Å². The molecule has 3 aromatic rings. The van der Waals surface area contributed by atoms with Crippen molar-refractivity contribution in [2.75, 3.05) is 18.0 Å². The minimum atomic E-state index is -4.13. The number of hydrogen-bond donors (Lipinski definition) is 1. The van der Waals surface area contributed by atoms with Gasteiger partial charge in [0.1, 0.15) is 11.3 Å². The van der Waals surface area contributed by atoms with Gasteiger partial charge < -0.3 is 9.88 Å². The number of hydrogen-bond acceptors (Lipinski definition) is 4. The normalized spacial score (nSPS) is 18.3. The van der Waals surface area contributed by atoms with Crippen molar-refractivity contribution in [3.05, 3.63) is 46.4 Å². The summed E-state index contributed by atoms with van der Waals surface area (Å²) in [7, 11) is 0. The molecule has 1 aromatic carbocycles. The van der Waals surface area contributed by atoms with Gasteiger partial charge in [-0.25, -0.2) is 9.97 Å². The minimum absolute atomic E-state index is 0.0745. The van der Waals surface area contributed by atoms with Crippen molar-refractivity contribution in [2.45, 2.75) is 44.5 Å². The molecule has 0 amide bonds. The summed E-state index contributed by atoms with van der Waals surface area (Å²) in [6.45, 7) is 3.57. The molecule has 10 heteroatoms. The highest BCUT2D eigenvalue weighted by atomic mass is 35.5. The number of anilines is 1. The fourth-order valence-electron chi connectivity index (χ4n) is 3.31.